The highest BCUT2D eigenvalue weighted by Gasteiger charge is 2.18. The number of ether oxygens (including phenoxy) is 1. The fourth-order valence-electron chi connectivity index (χ4n) is 2.78. The third-order valence-electron chi connectivity index (χ3n) is 4.28. The average Bonchev–Trinajstić information content (AvgIpc) is 3.20. The van der Waals surface area contributed by atoms with E-state index in [1.54, 1.807) is 13.3 Å². The molecule has 152 valence electrons. The monoisotopic (exact) mass is 437 g/mol. The Bertz CT molecular complexity index is 1180. The van der Waals surface area contributed by atoms with Crippen molar-refractivity contribution in [1.82, 2.24) is 15.2 Å². The number of thioether (sulfide) groups is 1. The van der Waals surface area contributed by atoms with Crippen molar-refractivity contribution in [2.24, 2.45) is 0 Å². The molecule has 0 bridgehead atoms. The number of carbonyl (C=O) groups is 1. The lowest BCUT2D eigenvalue weighted by Crippen LogP contribution is -2.22. The van der Waals surface area contributed by atoms with Gasteiger partial charge < -0.3 is 15.4 Å². The van der Waals surface area contributed by atoms with Crippen molar-refractivity contribution in [3.05, 3.63) is 60.8 Å². The topological polar surface area (TPSA) is 89.0 Å². The molecule has 2 aromatic heterocycles. The van der Waals surface area contributed by atoms with Gasteiger partial charge in [-0.1, -0.05) is 35.2 Å². The number of nitrogens with zero attached hydrogens (tertiary/aromatic N) is 3. The highest BCUT2D eigenvalue weighted by Crippen LogP contribution is 2.32. The van der Waals surface area contributed by atoms with Crippen LogP contribution in [0.4, 0.5) is 16.5 Å². The maximum Gasteiger partial charge on any atom is 0.237 e. The molecule has 4 rings (SSSR count). The van der Waals surface area contributed by atoms with Crippen LogP contribution in [0.5, 0.6) is 5.75 Å². The predicted molar refractivity (Wildman–Crippen MR) is 122 cm³/mol. The van der Waals surface area contributed by atoms with Crippen LogP contribution < -0.4 is 15.4 Å². The molecule has 0 saturated carbocycles. The second kappa shape index (κ2) is 9.10. The van der Waals surface area contributed by atoms with Crippen LogP contribution in [0.3, 0.4) is 0 Å². The minimum Gasteiger partial charge on any atom is -0.497 e. The van der Waals surface area contributed by atoms with Crippen molar-refractivity contribution in [2.45, 2.75) is 16.5 Å². The molecule has 0 unspecified atom stereocenters. The van der Waals surface area contributed by atoms with E-state index < -0.39 is 0 Å². The molecule has 0 spiro atoms. The molecule has 2 aromatic carbocycles. The summed E-state index contributed by atoms with van der Waals surface area (Å²) >= 11 is 2.76. The van der Waals surface area contributed by atoms with E-state index >= 15 is 0 Å². The Kier molecular flexibility index (Phi) is 6.10. The SMILES string of the molecule is COc1cccc(Nc2nnc(S[C@@H](C)C(=O)Nc3cccc4ncccc34)s2)c1. The van der Waals surface area contributed by atoms with Crippen LogP contribution in [-0.4, -0.2) is 33.4 Å². The second-order valence-corrected chi connectivity index (χ2v) is 8.92. The van der Waals surface area contributed by atoms with Gasteiger partial charge in [-0.2, -0.15) is 0 Å². The number of rotatable bonds is 7. The van der Waals surface area contributed by atoms with Crippen molar-refractivity contribution >= 4 is 56.4 Å². The smallest absolute Gasteiger partial charge is 0.237 e. The number of methoxy groups -OCH3 is 1. The number of benzene rings is 2. The molecule has 0 aliphatic heterocycles. The van der Waals surface area contributed by atoms with Gasteiger partial charge in [0, 0.05) is 23.3 Å². The Morgan fingerprint density at radius 1 is 1.13 bits per heavy atom. The minimum absolute atomic E-state index is 0.103. The zero-order valence-electron chi connectivity index (χ0n) is 16.3. The van der Waals surface area contributed by atoms with Crippen LogP contribution in [0, 0.1) is 0 Å². The summed E-state index contributed by atoms with van der Waals surface area (Å²) in [6, 6.07) is 17.0. The first-order valence-corrected chi connectivity index (χ1v) is 10.9. The van der Waals surface area contributed by atoms with Crippen molar-refractivity contribution in [3.63, 3.8) is 0 Å². The number of hydrogen-bond donors (Lipinski definition) is 2. The first-order valence-electron chi connectivity index (χ1n) is 9.18. The molecule has 1 atom stereocenters. The van der Waals surface area contributed by atoms with Gasteiger partial charge in [-0.05, 0) is 43.3 Å². The van der Waals surface area contributed by atoms with Gasteiger partial charge in [-0.3, -0.25) is 9.78 Å². The molecule has 30 heavy (non-hydrogen) atoms. The van der Waals surface area contributed by atoms with Gasteiger partial charge in [0.2, 0.25) is 11.0 Å². The van der Waals surface area contributed by atoms with Crippen LogP contribution >= 0.6 is 23.1 Å². The zero-order chi connectivity index (χ0) is 20.9. The molecule has 1 amide bonds. The van der Waals surface area contributed by atoms with E-state index in [4.69, 9.17) is 4.74 Å². The van der Waals surface area contributed by atoms with Gasteiger partial charge >= 0.3 is 0 Å². The van der Waals surface area contributed by atoms with Crippen molar-refractivity contribution in [2.75, 3.05) is 17.7 Å². The van der Waals surface area contributed by atoms with Crippen LogP contribution in [0.2, 0.25) is 0 Å². The third kappa shape index (κ3) is 4.69. The Balaban J connectivity index is 1.40. The molecular weight excluding hydrogens is 418 g/mol. The lowest BCUT2D eigenvalue weighted by Gasteiger charge is -2.12. The fourth-order valence-corrected chi connectivity index (χ4v) is 4.70. The molecular formula is C21H19N5O2S2. The normalized spacial score (nSPS) is 11.8. The average molecular weight is 438 g/mol. The summed E-state index contributed by atoms with van der Waals surface area (Å²) in [6.07, 6.45) is 1.74. The fraction of sp³-hybridized carbons (Fsp3) is 0.143. The van der Waals surface area contributed by atoms with Gasteiger partial charge in [0.25, 0.3) is 0 Å². The van der Waals surface area contributed by atoms with E-state index in [9.17, 15) is 4.79 Å². The van der Waals surface area contributed by atoms with E-state index in [1.165, 1.54) is 23.1 Å². The lowest BCUT2D eigenvalue weighted by atomic mass is 10.2. The first-order chi connectivity index (χ1) is 14.6. The summed E-state index contributed by atoms with van der Waals surface area (Å²) in [5, 5.41) is 15.8. The highest BCUT2D eigenvalue weighted by atomic mass is 32.2. The van der Waals surface area contributed by atoms with Crippen LogP contribution in [0.15, 0.2) is 65.1 Å². The van der Waals surface area contributed by atoms with Gasteiger partial charge in [-0.25, -0.2) is 0 Å². The molecule has 2 N–H and O–H groups in total. The van der Waals surface area contributed by atoms with Crippen molar-refractivity contribution < 1.29 is 9.53 Å². The number of nitrogens with one attached hydrogen (secondary N) is 2. The number of fused-ring (bicyclic) bond motifs is 1. The zero-order valence-corrected chi connectivity index (χ0v) is 18.0. The Labute approximate surface area is 181 Å². The largest absolute Gasteiger partial charge is 0.497 e. The third-order valence-corrected chi connectivity index (χ3v) is 6.30. The van der Waals surface area contributed by atoms with E-state index in [1.807, 2.05) is 61.5 Å². The van der Waals surface area contributed by atoms with Gasteiger partial charge in [0.1, 0.15) is 5.75 Å². The van der Waals surface area contributed by atoms with Gasteiger partial charge in [0.15, 0.2) is 4.34 Å². The number of pyridine rings is 1. The molecule has 0 aliphatic carbocycles. The van der Waals surface area contributed by atoms with Crippen molar-refractivity contribution in [3.8, 4) is 5.75 Å². The molecule has 7 nitrogen and oxygen atoms in total. The quantitative estimate of drug-likeness (QED) is 0.395. The highest BCUT2D eigenvalue weighted by molar-refractivity contribution is 8.02. The van der Waals surface area contributed by atoms with Gasteiger partial charge in [0.05, 0.1) is 23.6 Å². The van der Waals surface area contributed by atoms with E-state index in [-0.39, 0.29) is 11.2 Å². The number of hydrogen-bond acceptors (Lipinski definition) is 8. The number of amides is 1. The molecule has 4 aromatic rings. The van der Waals surface area contributed by atoms with E-state index in [0.29, 0.717) is 9.47 Å². The lowest BCUT2D eigenvalue weighted by molar-refractivity contribution is -0.115. The van der Waals surface area contributed by atoms with E-state index in [2.05, 4.69) is 25.8 Å². The molecule has 9 heteroatoms. The summed E-state index contributed by atoms with van der Waals surface area (Å²) in [5.41, 5.74) is 2.45. The Morgan fingerprint density at radius 2 is 2.00 bits per heavy atom. The van der Waals surface area contributed by atoms with Crippen molar-refractivity contribution in [1.29, 1.82) is 0 Å². The molecule has 0 fully saturated rings. The molecule has 0 radical (unpaired) electrons. The summed E-state index contributed by atoms with van der Waals surface area (Å²) in [5.74, 6) is 0.655. The van der Waals surface area contributed by atoms with Crippen LogP contribution in [0.1, 0.15) is 6.92 Å². The first kappa shape index (κ1) is 20.1. The summed E-state index contributed by atoms with van der Waals surface area (Å²) in [4.78, 5) is 17.0. The number of carbonyl (C=O) groups excluding carboxylic acids is 1. The predicted octanol–water partition coefficient (Wildman–Crippen LogP) is 4.96. The molecule has 0 aliphatic rings. The number of aromatic nitrogens is 3. The summed E-state index contributed by atoms with van der Waals surface area (Å²) < 4.78 is 5.94. The molecule has 0 saturated heterocycles. The summed E-state index contributed by atoms with van der Waals surface area (Å²) in [7, 11) is 1.63. The Morgan fingerprint density at radius 3 is 2.87 bits per heavy atom. The minimum atomic E-state index is -0.338. The maximum absolute atomic E-state index is 12.7. The standard InChI is InChI=1S/C21H19N5O2S2/c1-13(19(27)24-18-10-4-9-17-16(18)8-5-11-22-17)29-21-26-25-20(30-21)23-14-6-3-7-15(12-14)28-2/h3-13H,1-2H3,(H,23,25)(H,24,27)/t13-/m0/s1. The van der Waals surface area contributed by atoms with Crippen LogP contribution in [-0.2, 0) is 4.79 Å². The van der Waals surface area contributed by atoms with Crippen LogP contribution in [0.25, 0.3) is 10.9 Å². The second-order valence-electron chi connectivity index (χ2n) is 6.36. The Hall–Kier alpha value is -3.17. The summed E-state index contributed by atoms with van der Waals surface area (Å²) in [6.45, 7) is 1.85. The van der Waals surface area contributed by atoms with E-state index in [0.717, 1.165) is 28.0 Å². The molecule has 2 heterocycles. The number of anilines is 3. The maximum atomic E-state index is 12.7. The van der Waals surface area contributed by atoms with Gasteiger partial charge in [-0.15, -0.1) is 10.2 Å².